The van der Waals surface area contributed by atoms with E-state index in [0.717, 1.165) is 12.1 Å². The molecule has 5 nitrogen and oxygen atoms in total. The molecule has 0 unspecified atom stereocenters. The lowest BCUT2D eigenvalue weighted by molar-refractivity contribution is -0.139. The monoisotopic (exact) mass is 167 g/mol. The molecule has 1 aromatic rings. The van der Waals surface area contributed by atoms with Crippen LogP contribution >= 0.6 is 0 Å². The fraction of sp³-hybridized carbons (Fsp3) is 0.429. The first-order chi connectivity index (χ1) is 5.79. The Hall–Kier alpha value is -1.36. The highest BCUT2D eigenvalue weighted by Crippen LogP contribution is 2.18. The molecule has 1 aliphatic rings. The number of carboxylic acids is 1. The van der Waals surface area contributed by atoms with E-state index >= 15 is 0 Å². The zero-order chi connectivity index (χ0) is 8.55. The molecule has 0 saturated heterocycles. The standard InChI is InChI=1S/C7H9N3O2/c11-7(12)6-5-4(1-2-8-6)9-3-10-5/h3,6,8H,1-2H2,(H,9,10)(H,11,12)/t6-/m0/s1. The van der Waals surface area contributed by atoms with E-state index < -0.39 is 12.0 Å². The number of carbonyl (C=O) groups is 1. The minimum Gasteiger partial charge on any atom is -0.480 e. The van der Waals surface area contributed by atoms with Gasteiger partial charge < -0.3 is 10.1 Å². The quantitative estimate of drug-likeness (QED) is 0.535. The summed E-state index contributed by atoms with van der Waals surface area (Å²) in [4.78, 5) is 17.6. The van der Waals surface area contributed by atoms with Gasteiger partial charge in [-0.2, -0.15) is 0 Å². The highest BCUT2D eigenvalue weighted by atomic mass is 16.4. The van der Waals surface area contributed by atoms with Crippen molar-refractivity contribution in [1.82, 2.24) is 15.3 Å². The van der Waals surface area contributed by atoms with Gasteiger partial charge >= 0.3 is 5.97 Å². The molecule has 0 aromatic carbocycles. The summed E-state index contributed by atoms with van der Waals surface area (Å²) < 4.78 is 0. The van der Waals surface area contributed by atoms with E-state index in [1.54, 1.807) is 0 Å². The molecule has 2 heterocycles. The van der Waals surface area contributed by atoms with Crippen LogP contribution in [-0.4, -0.2) is 27.6 Å². The number of aromatic nitrogens is 2. The van der Waals surface area contributed by atoms with Crippen molar-refractivity contribution in [3.63, 3.8) is 0 Å². The number of imidazole rings is 1. The molecule has 1 aromatic heterocycles. The van der Waals surface area contributed by atoms with Gasteiger partial charge in [0, 0.05) is 18.7 Å². The van der Waals surface area contributed by atoms with Crippen molar-refractivity contribution in [1.29, 1.82) is 0 Å². The normalized spacial score (nSPS) is 21.8. The number of hydrogen-bond donors (Lipinski definition) is 3. The van der Waals surface area contributed by atoms with Gasteiger partial charge in [0.15, 0.2) is 6.04 Å². The number of hydrogen-bond acceptors (Lipinski definition) is 3. The van der Waals surface area contributed by atoms with Crippen LogP contribution in [-0.2, 0) is 11.2 Å². The Kier molecular flexibility index (Phi) is 1.58. The summed E-state index contributed by atoms with van der Waals surface area (Å²) in [5.41, 5.74) is 1.55. The topological polar surface area (TPSA) is 78.0 Å². The minimum atomic E-state index is -0.872. The molecule has 1 atom stereocenters. The lowest BCUT2D eigenvalue weighted by Crippen LogP contribution is -2.35. The van der Waals surface area contributed by atoms with Crippen LogP contribution in [0, 0.1) is 0 Å². The van der Waals surface area contributed by atoms with Gasteiger partial charge in [-0.3, -0.25) is 10.1 Å². The van der Waals surface area contributed by atoms with Crippen LogP contribution in [0.2, 0.25) is 0 Å². The first-order valence-electron chi connectivity index (χ1n) is 3.77. The molecular formula is C7H9N3O2. The third kappa shape index (κ3) is 0.984. The molecular weight excluding hydrogens is 158 g/mol. The highest BCUT2D eigenvalue weighted by Gasteiger charge is 2.27. The van der Waals surface area contributed by atoms with Gasteiger partial charge in [-0.05, 0) is 0 Å². The predicted molar refractivity (Wildman–Crippen MR) is 40.7 cm³/mol. The van der Waals surface area contributed by atoms with Crippen LogP contribution in [0.15, 0.2) is 6.33 Å². The number of H-pyrrole nitrogens is 1. The number of nitrogens with one attached hydrogen (secondary N) is 2. The Morgan fingerprint density at radius 2 is 2.58 bits per heavy atom. The fourth-order valence-corrected chi connectivity index (χ4v) is 1.42. The van der Waals surface area contributed by atoms with Gasteiger partial charge in [0.05, 0.1) is 12.0 Å². The van der Waals surface area contributed by atoms with Crippen molar-refractivity contribution >= 4 is 5.97 Å². The Bertz CT molecular complexity index is 307. The van der Waals surface area contributed by atoms with Crippen LogP contribution in [0.3, 0.4) is 0 Å². The zero-order valence-electron chi connectivity index (χ0n) is 6.37. The number of fused-ring (bicyclic) bond motifs is 1. The van der Waals surface area contributed by atoms with E-state index in [-0.39, 0.29) is 0 Å². The molecule has 0 saturated carbocycles. The van der Waals surface area contributed by atoms with Crippen molar-refractivity contribution in [3.8, 4) is 0 Å². The molecule has 5 heteroatoms. The molecule has 0 radical (unpaired) electrons. The molecule has 0 fully saturated rings. The van der Waals surface area contributed by atoms with Crippen LogP contribution in [0.1, 0.15) is 17.4 Å². The molecule has 0 spiro atoms. The summed E-state index contributed by atoms with van der Waals surface area (Å²) in [6, 6.07) is -0.639. The second kappa shape index (κ2) is 2.60. The summed E-state index contributed by atoms with van der Waals surface area (Å²) in [5, 5.41) is 11.7. The number of aromatic amines is 1. The van der Waals surface area contributed by atoms with Crippen LogP contribution in [0.5, 0.6) is 0 Å². The molecule has 3 N–H and O–H groups in total. The SMILES string of the molecule is O=C(O)[C@H]1NCCc2[nH]cnc21. The molecule has 2 rings (SSSR count). The number of aliphatic carboxylic acids is 1. The average Bonchev–Trinajstić information content (AvgIpc) is 2.49. The van der Waals surface area contributed by atoms with Gasteiger partial charge in [-0.15, -0.1) is 0 Å². The Labute approximate surface area is 68.8 Å². The lowest BCUT2D eigenvalue weighted by atomic mass is 10.1. The summed E-state index contributed by atoms with van der Waals surface area (Å²) >= 11 is 0. The maximum Gasteiger partial charge on any atom is 0.327 e. The van der Waals surface area contributed by atoms with E-state index in [1.807, 2.05) is 0 Å². The van der Waals surface area contributed by atoms with E-state index in [2.05, 4.69) is 15.3 Å². The van der Waals surface area contributed by atoms with Gasteiger partial charge in [0.1, 0.15) is 0 Å². The average molecular weight is 167 g/mol. The Morgan fingerprint density at radius 1 is 1.75 bits per heavy atom. The maximum absolute atomic E-state index is 10.7. The molecule has 0 bridgehead atoms. The van der Waals surface area contributed by atoms with Gasteiger partial charge in [-0.25, -0.2) is 4.98 Å². The van der Waals surface area contributed by atoms with Crippen molar-refractivity contribution in [2.75, 3.05) is 6.54 Å². The second-order valence-electron chi connectivity index (χ2n) is 2.74. The number of nitrogens with zero attached hydrogens (tertiary/aromatic N) is 1. The Morgan fingerprint density at radius 3 is 3.33 bits per heavy atom. The molecule has 64 valence electrons. The first kappa shape index (κ1) is 7.30. The van der Waals surface area contributed by atoms with Crippen LogP contribution in [0.25, 0.3) is 0 Å². The predicted octanol–water partition coefficient (Wildman–Crippen LogP) is -0.319. The lowest BCUT2D eigenvalue weighted by Gasteiger charge is -2.18. The summed E-state index contributed by atoms with van der Waals surface area (Å²) in [5.74, 6) is -0.872. The molecule has 12 heavy (non-hydrogen) atoms. The van der Waals surface area contributed by atoms with Crippen molar-refractivity contribution in [3.05, 3.63) is 17.7 Å². The van der Waals surface area contributed by atoms with Crippen LogP contribution < -0.4 is 5.32 Å². The van der Waals surface area contributed by atoms with Crippen molar-refractivity contribution in [2.24, 2.45) is 0 Å². The maximum atomic E-state index is 10.7. The zero-order valence-corrected chi connectivity index (χ0v) is 6.37. The molecule has 0 amide bonds. The van der Waals surface area contributed by atoms with E-state index in [1.165, 1.54) is 6.33 Å². The third-order valence-electron chi connectivity index (χ3n) is 2.00. The van der Waals surface area contributed by atoms with Gasteiger partial charge in [0.25, 0.3) is 0 Å². The van der Waals surface area contributed by atoms with Crippen molar-refractivity contribution < 1.29 is 9.90 Å². The van der Waals surface area contributed by atoms with Gasteiger partial charge in [0.2, 0.25) is 0 Å². The number of rotatable bonds is 1. The first-order valence-corrected chi connectivity index (χ1v) is 3.77. The fourth-order valence-electron chi connectivity index (χ4n) is 1.42. The summed E-state index contributed by atoms with van der Waals surface area (Å²) in [6.07, 6.45) is 2.35. The van der Waals surface area contributed by atoms with E-state index in [9.17, 15) is 4.79 Å². The molecule has 1 aliphatic heterocycles. The molecule has 0 aliphatic carbocycles. The Balaban J connectivity index is 2.37. The summed E-state index contributed by atoms with van der Waals surface area (Å²) in [7, 11) is 0. The second-order valence-corrected chi connectivity index (χ2v) is 2.74. The summed E-state index contributed by atoms with van der Waals surface area (Å²) in [6.45, 7) is 0.687. The largest absolute Gasteiger partial charge is 0.480 e. The van der Waals surface area contributed by atoms with Crippen LogP contribution in [0.4, 0.5) is 0 Å². The third-order valence-corrected chi connectivity index (χ3v) is 2.00. The van der Waals surface area contributed by atoms with E-state index in [4.69, 9.17) is 5.11 Å². The number of carboxylic acid groups (broad SMARTS) is 1. The smallest absolute Gasteiger partial charge is 0.327 e. The van der Waals surface area contributed by atoms with Gasteiger partial charge in [-0.1, -0.05) is 0 Å². The van der Waals surface area contributed by atoms with E-state index in [0.29, 0.717) is 12.2 Å². The van der Waals surface area contributed by atoms with Crippen molar-refractivity contribution in [2.45, 2.75) is 12.5 Å². The minimum absolute atomic E-state index is 0.619. The highest BCUT2D eigenvalue weighted by molar-refractivity contribution is 5.75.